The number of aromatic nitrogens is 3. The van der Waals surface area contributed by atoms with Gasteiger partial charge >= 0.3 is 5.69 Å². The molecular weight excluding hydrogens is 214 g/mol. The Balaban J connectivity index is 2.16. The SMILES string of the molecule is CCCCCn1[nH]c(-c2ccccc2)nc1=O. The molecule has 0 fully saturated rings. The summed E-state index contributed by atoms with van der Waals surface area (Å²) < 4.78 is 1.58. The zero-order valence-electron chi connectivity index (χ0n) is 10.0. The number of benzene rings is 1. The predicted octanol–water partition coefficient (Wildman–Crippen LogP) is 2.43. The summed E-state index contributed by atoms with van der Waals surface area (Å²) in [5.41, 5.74) is 0.749. The Morgan fingerprint density at radius 3 is 2.71 bits per heavy atom. The van der Waals surface area contributed by atoms with Gasteiger partial charge in [0.1, 0.15) is 0 Å². The monoisotopic (exact) mass is 231 g/mol. The minimum Gasteiger partial charge on any atom is -0.277 e. The maximum atomic E-state index is 11.6. The van der Waals surface area contributed by atoms with E-state index in [4.69, 9.17) is 0 Å². The standard InChI is InChI=1S/C13H17N3O/c1-2-3-7-10-16-13(17)14-12(15-16)11-8-5-4-6-9-11/h4-6,8-9H,2-3,7,10H2,1H3,(H,14,15,17). The third-order valence-electron chi connectivity index (χ3n) is 2.71. The van der Waals surface area contributed by atoms with E-state index < -0.39 is 0 Å². The second-order valence-electron chi connectivity index (χ2n) is 4.08. The van der Waals surface area contributed by atoms with Gasteiger partial charge in [0.05, 0.1) is 0 Å². The lowest BCUT2D eigenvalue weighted by Crippen LogP contribution is -2.17. The molecule has 0 spiro atoms. The Kier molecular flexibility index (Phi) is 3.75. The van der Waals surface area contributed by atoms with Gasteiger partial charge < -0.3 is 0 Å². The lowest BCUT2D eigenvalue weighted by Gasteiger charge is -1.99. The zero-order valence-corrected chi connectivity index (χ0v) is 10.0. The first-order valence-electron chi connectivity index (χ1n) is 6.03. The Bertz CT molecular complexity index is 513. The molecule has 4 nitrogen and oxygen atoms in total. The van der Waals surface area contributed by atoms with E-state index in [2.05, 4.69) is 17.0 Å². The van der Waals surface area contributed by atoms with Crippen molar-refractivity contribution in [2.24, 2.45) is 0 Å². The average molecular weight is 231 g/mol. The molecule has 0 saturated carbocycles. The van der Waals surface area contributed by atoms with E-state index in [0.717, 1.165) is 24.8 Å². The molecule has 4 heteroatoms. The third kappa shape index (κ3) is 2.84. The van der Waals surface area contributed by atoms with Gasteiger partial charge in [0.2, 0.25) is 0 Å². The summed E-state index contributed by atoms with van der Waals surface area (Å²) in [5.74, 6) is 0.645. The third-order valence-corrected chi connectivity index (χ3v) is 2.71. The second kappa shape index (κ2) is 5.48. The first kappa shape index (κ1) is 11.6. The molecular formula is C13H17N3O. The topological polar surface area (TPSA) is 50.7 Å². The zero-order chi connectivity index (χ0) is 12.1. The number of aromatic amines is 1. The molecule has 0 saturated heterocycles. The largest absolute Gasteiger partial charge is 0.364 e. The van der Waals surface area contributed by atoms with Gasteiger partial charge in [-0.15, -0.1) is 0 Å². The first-order valence-corrected chi connectivity index (χ1v) is 6.03. The summed E-state index contributed by atoms with van der Waals surface area (Å²) in [6, 6.07) is 9.69. The number of nitrogens with zero attached hydrogens (tertiary/aromatic N) is 2. The maximum Gasteiger partial charge on any atom is 0.364 e. The molecule has 2 aromatic rings. The van der Waals surface area contributed by atoms with Crippen LogP contribution in [-0.2, 0) is 6.54 Å². The summed E-state index contributed by atoms with van der Waals surface area (Å²) in [4.78, 5) is 15.6. The van der Waals surface area contributed by atoms with Crippen molar-refractivity contribution >= 4 is 0 Å². The molecule has 0 aliphatic heterocycles. The number of unbranched alkanes of at least 4 members (excludes halogenated alkanes) is 2. The van der Waals surface area contributed by atoms with Crippen molar-refractivity contribution in [2.75, 3.05) is 0 Å². The number of aryl methyl sites for hydroxylation is 1. The Morgan fingerprint density at radius 1 is 1.24 bits per heavy atom. The molecule has 1 heterocycles. The van der Waals surface area contributed by atoms with Gasteiger partial charge in [-0.1, -0.05) is 50.1 Å². The van der Waals surface area contributed by atoms with Crippen molar-refractivity contribution in [3.63, 3.8) is 0 Å². The number of nitrogens with one attached hydrogen (secondary N) is 1. The van der Waals surface area contributed by atoms with Crippen LogP contribution in [0.15, 0.2) is 35.1 Å². The second-order valence-corrected chi connectivity index (χ2v) is 4.08. The van der Waals surface area contributed by atoms with Crippen molar-refractivity contribution in [3.05, 3.63) is 40.8 Å². The van der Waals surface area contributed by atoms with Crippen molar-refractivity contribution in [1.29, 1.82) is 0 Å². The van der Waals surface area contributed by atoms with Gasteiger partial charge in [-0.25, -0.2) is 9.48 Å². The highest BCUT2D eigenvalue weighted by Gasteiger charge is 2.05. The molecule has 1 N–H and O–H groups in total. The minimum atomic E-state index is -0.194. The number of rotatable bonds is 5. The highest BCUT2D eigenvalue weighted by atomic mass is 16.1. The molecule has 90 valence electrons. The van der Waals surface area contributed by atoms with Gasteiger partial charge in [0.15, 0.2) is 5.82 Å². The molecule has 0 aliphatic carbocycles. The van der Waals surface area contributed by atoms with Crippen LogP contribution in [0.2, 0.25) is 0 Å². The first-order chi connectivity index (χ1) is 8.31. The lowest BCUT2D eigenvalue weighted by molar-refractivity contribution is 0.539. The van der Waals surface area contributed by atoms with E-state index in [-0.39, 0.29) is 5.69 Å². The van der Waals surface area contributed by atoms with E-state index in [1.165, 1.54) is 0 Å². The average Bonchev–Trinajstić information content (AvgIpc) is 2.73. The molecule has 0 amide bonds. The lowest BCUT2D eigenvalue weighted by atomic mass is 10.2. The van der Waals surface area contributed by atoms with Crippen molar-refractivity contribution in [1.82, 2.24) is 14.8 Å². The minimum absolute atomic E-state index is 0.194. The fraction of sp³-hybridized carbons (Fsp3) is 0.385. The summed E-state index contributed by atoms with van der Waals surface area (Å²) in [5, 5.41) is 3.05. The van der Waals surface area contributed by atoms with Crippen LogP contribution in [-0.4, -0.2) is 14.8 Å². The van der Waals surface area contributed by atoms with Gasteiger partial charge in [-0.2, -0.15) is 4.98 Å². The molecule has 17 heavy (non-hydrogen) atoms. The van der Waals surface area contributed by atoms with Crippen molar-refractivity contribution < 1.29 is 0 Å². The van der Waals surface area contributed by atoms with Crippen LogP contribution < -0.4 is 5.69 Å². The van der Waals surface area contributed by atoms with E-state index in [1.807, 2.05) is 30.3 Å². The Labute approximate surface area is 100 Å². The van der Waals surface area contributed by atoms with Gasteiger partial charge in [-0.05, 0) is 6.42 Å². The fourth-order valence-corrected chi connectivity index (χ4v) is 1.75. The van der Waals surface area contributed by atoms with E-state index in [0.29, 0.717) is 12.4 Å². The molecule has 1 aromatic carbocycles. The highest BCUT2D eigenvalue weighted by Crippen LogP contribution is 2.11. The van der Waals surface area contributed by atoms with Crippen molar-refractivity contribution in [2.45, 2.75) is 32.7 Å². The number of H-pyrrole nitrogens is 1. The normalized spacial score (nSPS) is 10.6. The van der Waals surface area contributed by atoms with Crippen LogP contribution in [0.25, 0.3) is 11.4 Å². The van der Waals surface area contributed by atoms with E-state index >= 15 is 0 Å². The van der Waals surface area contributed by atoms with Crippen LogP contribution in [0.3, 0.4) is 0 Å². The Morgan fingerprint density at radius 2 is 2.00 bits per heavy atom. The smallest absolute Gasteiger partial charge is 0.277 e. The molecule has 0 unspecified atom stereocenters. The predicted molar refractivity (Wildman–Crippen MR) is 67.8 cm³/mol. The summed E-state index contributed by atoms with van der Waals surface area (Å²) in [7, 11) is 0. The van der Waals surface area contributed by atoms with Gasteiger partial charge in [-0.3, -0.25) is 5.10 Å². The number of hydrogen-bond acceptors (Lipinski definition) is 2. The van der Waals surface area contributed by atoms with E-state index in [9.17, 15) is 4.79 Å². The molecule has 0 radical (unpaired) electrons. The van der Waals surface area contributed by atoms with Gasteiger partial charge in [0.25, 0.3) is 0 Å². The molecule has 0 aliphatic rings. The summed E-state index contributed by atoms with van der Waals surface area (Å²) in [6.45, 7) is 2.86. The van der Waals surface area contributed by atoms with Gasteiger partial charge in [0, 0.05) is 12.1 Å². The van der Waals surface area contributed by atoms with Crippen LogP contribution in [0.4, 0.5) is 0 Å². The van der Waals surface area contributed by atoms with Crippen LogP contribution >= 0.6 is 0 Å². The molecule has 2 rings (SSSR count). The summed E-state index contributed by atoms with van der Waals surface area (Å²) in [6.07, 6.45) is 3.29. The van der Waals surface area contributed by atoms with Crippen LogP contribution in [0.1, 0.15) is 26.2 Å². The molecule has 0 bridgehead atoms. The number of hydrogen-bond donors (Lipinski definition) is 1. The maximum absolute atomic E-state index is 11.6. The quantitative estimate of drug-likeness (QED) is 0.803. The van der Waals surface area contributed by atoms with E-state index in [1.54, 1.807) is 4.68 Å². The highest BCUT2D eigenvalue weighted by molar-refractivity contribution is 5.53. The molecule has 0 atom stereocenters. The van der Waals surface area contributed by atoms with Crippen LogP contribution in [0, 0.1) is 0 Å². The fourth-order valence-electron chi connectivity index (χ4n) is 1.75. The Hall–Kier alpha value is -1.84. The van der Waals surface area contributed by atoms with Crippen molar-refractivity contribution in [3.8, 4) is 11.4 Å². The van der Waals surface area contributed by atoms with Crippen LogP contribution in [0.5, 0.6) is 0 Å². The summed E-state index contributed by atoms with van der Waals surface area (Å²) >= 11 is 0. The molecule has 1 aromatic heterocycles.